The number of alkyl halides is 2. The second kappa shape index (κ2) is 8.06. The molecule has 8 heteroatoms. The summed E-state index contributed by atoms with van der Waals surface area (Å²) in [6.45, 7) is 0.279. The minimum atomic E-state index is -2.88. The molecule has 0 aliphatic heterocycles. The average molecular weight is 369 g/mol. The van der Waals surface area contributed by atoms with Crippen molar-refractivity contribution in [2.75, 3.05) is 0 Å². The first-order valence-corrected chi connectivity index (χ1v) is 8.28. The van der Waals surface area contributed by atoms with Crippen LogP contribution in [-0.2, 0) is 4.79 Å². The molecule has 0 bridgehead atoms. The lowest BCUT2D eigenvalue weighted by Crippen LogP contribution is -2.39. The lowest BCUT2D eigenvalue weighted by Gasteiger charge is -2.17. The molecule has 0 spiro atoms. The maximum Gasteiger partial charge on any atom is 0.387 e. The molecule has 1 aromatic heterocycles. The fourth-order valence-electron chi connectivity index (χ4n) is 2.03. The zero-order valence-corrected chi connectivity index (χ0v) is 14.3. The molecule has 2 unspecified atom stereocenters. The zero-order valence-electron chi connectivity index (χ0n) is 13.5. The number of benzene rings is 1. The number of amides is 1. The average Bonchev–Trinajstić information content (AvgIpc) is 3.04. The van der Waals surface area contributed by atoms with Gasteiger partial charge in [0.2, 0.25) is 0 Å². The first kappa shape index (κ1) is 18.9. The van der Waals surface area contributed by atoms with E-state index in [4.69, 9.17) is 5.11 Å². The number of hydrogen-bond acceptors (Lipinski definition) is 4. The summed E-state index contributed by atoms with van der Waals surface area (Å²) in [7, 11) is 0. The summed E-state index contributed by atoms with van der Waals surface area (Å²) in [5, 5.41) is 11.6. The number of thiophene rings is 1. The Hall–Kier alpha value is -2.48. The predicted octanol–water partition coefficient (Wildman–Crippen LogP) is 3.86. The Balaban J connectivity index is 2.06. The van der Waals surface area contributed by atoms with Crippen LogP contribution in [0.25, 0.3) is 10.4 Å². The molecule has 0 radical (unpaired) electrons. The highest BCUT2D eigenvalue weighted by molar-refractivity contribution is 7.17. The van der Waals surface area contributed by atoms with Crippen molar-refractivity contribution in [3.05, 3.63) is 41.3 Å². The van der Waals surface area contributed by atoms with Crippen LogP contribution in [0.5, 0.6) is 5.75 Å². The normalized spacial score (nSPS) is 13.3. The molecule has 1 heterocycles. The molecule has 0 saturated heterocycles. The summed E-state index contributed by atoms with van der Waals surface area (Å²) in [5.74, 6) is -1.98. The standard InChI is InChI=1S/C17H17F2NO4S/c1-9(16(22)23)10(2)20-15(21)14-8-7-13(25-14)11-3-5-12(6-4-11)24-17(18)19/h3-10,17H,1-2H3,(H,20,21)(H,22,23). The quantitative estimate of drug-likeness (QED) is 0.777. The van der Waals surface area contributed by atoms with Crippen LogP contribution in [0.15, 0.2) is 36.4 Å². The second-order valence-corrected chi connectivity index (χ2v) is 6.54. The number of halogens is 2. The van der Waals surface area contributed by atoms with E-state index < -0.39 is 24.5 Å². The summed E-state index contributed by atoms with van der Waals surface area (Å²) < 4.78 is 28.6. The molecule has 2 N–H and O–H groups in total. The third kappa shape index (κ3) is 4.99. The number of carbonyl (C=O) groups is 2. The van der Waals surface area contributed by atoms with Crippen molar-refractivity contribution in [2.24, 2.45) is 5.92 Å². The van der Waals surface area contributed by atoms with Crippen molar-refractivity contribution < 1.29 is 28.2 Å². The maximum atomic E-state index is 12.2. The maximum absolute atomic E-state index is 12.2. The van der Waals surface area contributed by atoms with Gasteiger partial charge in [-0.05, 0) is 55.8 Å². The van der Waals surface area contributed by atoms with Crippen LogP contribution in [-0.4, -0.2) is 29.6 Å². The van der Waals surface area contributed by atoms with Gasteiger partial charge < -0.3 is 15.2 Å². The molecule has 0 aliphatic rings. The molecular formula is C17H17F2NO4S. The Morgan fingerprint density at radius 1 is 1.12 bits per heavy atom. The molecule has 134 valence electrons. The minimum absolute atomic E-state index is 0.0600. The van der Waals surface area contributed by atoms with Crippen LogP contribution in [0.3, 0.4) is 0 Å². The number of rotatable bonds is 7. The second-order valence-electron chi connectivity index (χ2n) is 5.46. The third-order valence-electron chi connectivity index (χ3n) is 3.69. The van der Waals surface area contributed by atoms with Gasteiger partial charge in [-0.2, -0.15) is 8.78 Å². The lowest BCUT2D eigenvalue weighted by atomic mass is 10.0. The molecule has 0 fully saturated rings. The van der Waals surface area contributed by atoms with E-state index in [2.05, 4.69) is 10.1 Å². The Labute approximate surface area is 147 Å². The summed E-state index contributed by atoms with van der Waals surface area (Å²) in [6, 6.07) is 8.97. The lowest BCUT2D eigenvalue weighted by molar-refractivity contribution is -0.141. The number of carboxylic acids is 1. The highest BCUT2D eigenvalue weighted by Crippen LogP contribution is 2.30. The van der Waals surface area contributed by atoms with Gasteiger partial charge in [0.1, 0.15) is 5.75 Å². The van der Waals surface area contributed by atoms with Gasteiger partial charge in [-0.1, -0.05) is 0 Å². The van der Waals surface area contributed by atoms with Crippen molar-refractivity contribution in [1.29, 1.82) is 0 Å². The van der Waals surface area contributed by atoms with Gasteiger partial charge >= 0.3 is 12.6 Å². The van der Waals surface area contributed by atoms with Crippen LogP contribution in [0.1, 0.15) is 23.5 Å². The summed E-state index contributed by atoms with van der Waals surface area (Å²) in [5.41, 5.74) is 0.762. The fraction of sp³-hybridized carbons (Fsp3) is 0.294. The Morgan fingerprint density at radius 3 is 2.32 bits per heavy atom. The molecule has 0 saturated carbocycles. The molecule has 2 aromatic rings. The van der Waals surface area contributed by atoms with Crippen molar-refractivity contribution in [3.63, 3.8) is 0 Å². The van der Waals surface area contributed by atoms with E-state index in [1.807, 2.05) is 0 Å². The summed E-state index contributed by atoms with van der Waals surface area (Å²) >= 11 is 1.23. The van der Waals surface area contributed by atoms with Crippen molar-refractivity contribution in [2.45, 2.75) is 26.5 Å². The Bertz CT molecular complexity index is 745. The van der Waals surface area contributed by atoms with E-state index >= 15 is 0 Å². The molecule has 2 rings (SSSR count). The van der Waals surface area contributed by atoms with Crippen molar-refractivity contribution in [3.8, 4) is 16.2 Å². The number of ether oxygens (including phenoxy) is 1. The minimum Gasteiger partial charge on any atom is -0.481 e. The van der Waals surface area contributed by atoms with E-state index in [9.17, 15) is 18.4 Å². The van der Waals surface area contributed by atoms with Gasteiger partial charge in [0.15, 0.2) is 0 Å². The van der Waals surface area contributed by atoms with Crippen LogP contribution < -0.4 is 10.1 Å². The molecule has 25 heavy (non-hydrogen) atoms. The van der Waals surface area contributed by atoms with Crippen LogP contribution in [0, 0.1) is 5.92 Å². The topological polar surface area (TPSA) is 75.6 Å². The van der Waals surface area contributed by atoms with Gasteiger partial charge in [-0.25, -0.2) is 0 Å². The van der Waals surface area contributed by atoms with Gasteiger partial charge in [0.25, 0.3) is 5.91 Å². The van der Waals surface area contributed by atoms with Crippen LogP contribution in [0.4, 0.5) is 8.78 Å². The Kier molecular flexibility index (Phi) is 6.08. The molecular weight excluding hydrogens is 352 g/mol. The largest absolute Gasteiger partial charge is 0.481 e. The monoisotopic (exact) mass is 369 g/mol. The zero-order chi connectivity index (χ0) is 18.6. The number of aliphatic carboxylic acids is 1. The van der Waals surface area contributed by atoms with Crippen LogP contribution in [0.2, 0.25) is 0 Å². The van der Waals surface area contributed by atoms with Gasteiger partial charge in [0.05, 0.1) is 10.8 Å². The number of nitrogens with one attached hydrogen (secondary N) is 1. The van der Waals surface area contributed by atoms with E-state index in [1.54, 1.807) is 31.2 Å². The fourth-order valence-corrected chi connectivity index (χ4v) is 2.95. The van der Waals surface area contributed by atoms with Gasteiger partial charge in [-0.15, -0.1) is 11.3 Å². The first-order valence-electron chi connectivity index (χ1n) is 7.46. The molecule has 0 aliphatic carbocycles. The van der Waals surface area contributed by atoms with Gasteiger partial charge in [-0.3, -0.25) is 9.59 Å². The molecule has 1 amide bonds. The molecule has 1 aromatic carbocycles. The number of carboxylic acid groups (broad SMARTS) is 1. The van der Waals surface area contributed by atoms with Crippen molar-refractivity contribution in [1.82, 2.24) is 5.32 Å². The smallest absolute Gasteiger partial charge is 0.387 e. The van der Waals surface area contributed by atoms with E-state index in [1.165, 1.54) is 30.4 Å². The number of carbonyl (C=O) groups excluding carboxylic acids is 1. The summed E-state index contributed by atoms with van der Waals surface area (Å²) in [4.78, 5) is 24.4. The molecule has 5 nitrogen and oxygen atoms in total. The van der Waals surface area contributed by atoms with E-state index in [0.717, 1.165) is 10.4 Å². The SMILES string of the molecule is CC(NC(=O)c1ccc(-c2ccc(OC(F)F)cc2)s1)C(C)C(=O)O. The van der Waals surface area contributed by atoms with E-state index in [-0.39, 0.29) is 11.7 Å². The Morgan fingerprint density at radius 2 is 1.76 bits per heavy atom. The highest BCUT2D eigenvalue weighted by atomic mass is 32.1. The molecule has 2 atom stereocenters. The first-order chi connectivity index (χ1) is 11.8. The third-order valence-corrected chi connectivity index (χ3v) is 4.83. The van der Waals surface area contributed by atoms with Crippen LogP contribution >= 0.6 is 11.3 Å². The number of hydrogen-bond donors (Lipinski definition) is 2. The van der Waals surface area contributed by atoms with E-state index in [0.29, 0.717) is 4.88 Å². The predicted molar refractivity (Wildman–Crippen MR) is 90.1 cm³/mol. The van der Waals surface area contributed by atoms with Crippen molar-refractivity contribution >= 4 is 23.2 Å². The van der Waals surface area contributed by atoms with Gasteiger partial charge in [0, 0.05) is 10.9 Å². The summed E-state index contributed by atoms with van der Waals surface area (Å²) in [6.07, 6.45) is 0. The highest BCUT2D eigenvalue weighted by Gasteiger charge is 2.22.